The third-order valence-corrected chi connectivity index (χ3v) is 4.64. The standard InChI is InChI=1S/C22H26ClN3O2/c1-14(2)13-28-9-8-15-10-16(22(3,4)5)11-20(21(15)27)26-24-18-7-6-17(23)12-19(18)25-26/h6-7,10-13,27H,8-9H2,1-5H3. The lowest BCUT2D eigenvalue weighted by molar-refractivity contribution is 0.249. The molecule has 0 saturated carbocycles. The lowest BCUT2D eigenvalue weighted by atomic mass is 9.85. The van der Waals surface area contributed by atoms with Gasteiger partial charge in [0.15, 0.2) is 0 Å². The highest BCUT2D eigenvalue weighted by Crippen LogP contribution is 2.33. The number of hydrogen-bond acceptors (Lipinski definition) is 4. The molecule has 0 spiro atoms. The largest absolute Gasteiger partial charge is 0.505 e. The number of aromatic nitrogens is 3. The van der Waals surface area contributed by atoms with Gasteiger partial charge in [-0.15, -0.1) is 15.0 Å². The van der Waals surface area contributed by atoms with Gasteiger partial charge in [0, 0.05) is 11.4 Å². The lowest BCUT2D eigenvalue weighted by Crippen LogP contribution is -2.14. The number of hydrogen-bond donors (Lipinski definition) is 1. The number of benzene rings is 2. The quantitative estimate of drug-likeness (QED) is 0.450. The molecule has 148 valence electrons. The van der Waals surface area contributed by atoms with Crippen molar-refractivity contribution < 1.29 is 9.84 Å². The average Bonchev–Trinajstić information content (AvgIpc) is 3.01. The molecule has 2 aromatic carbocycles. The monoisotopic (exact) mass is 399 g/mol. The number of allylic oxidation sites excluding steroid dienone is 1. The Morgan fingerprint density at radius 2 is 1.86 bits per heavy atom. The maximum Gasteiger partial charge on any atom is 0.146 e. The summed E-state index contributed by atoms with van der Waals surface area (Å²) in [6.07, 6.45) is 2.32. The molecule has 28 heavy (non-hydrogen) atoms. The number of fused-ring (bicyclic) bond motifs is 1. The van der Waals surface area contributed by atoms with E-state index < -0.39 is 0 Å². The molecule has 5 nitrogen and oxygen atoms in total. The second kappa shape index (κ2) is 7.84. The summed E-state index contributed by atoms with van der Waals surface area (Å²) in [6.45, 7) is 10.9. The summed E-state index contributed by atoms with van der Waals surface area (Å²) in [5.74, 6) is 0.167. The number of nitrogens with zero attached hydrogens (tertiary/aromatic N) is 3. The summed E-state index contributed by atoms with van der Waals surface area (Å²) in [5.41, 5.74) is 4.87. The molecule has 1 N–H and O–H groups in total. The first kappa shape index (κ1) is 20.2. The highest BCUT2D eigenvalue weighted by molar-refractivity contribution is 6.31. The van der Waals surface area contributed by atoms with Crippen LogP contribution in [0.1, 0.15) is 45.7 Å². The fraction of sp³-hybridized carbons (Fsp3) is 0.364. The topological polar surface area (TPSA) is 60.2 Å². The van der Waals surface area contributed by atoms with Gasteiger partial charge >= 0.3 is 0 Å². The molecule has 0 radical (unpaired) electrons. The van der Waals surface area contributed by atoms with Crippen molar-refractivity contribution in [2.75, 3.05) is 6.61 Å². The minimum atomic E-state index is -0.0894. The molecule has 0 fully saturated rings. The summed E-state index contributed by atoms with van der Waals surface area (Å²) >= 11 is 6.06. The van der Waals surface area contributed by atoms with Crippen molar-refractivity contribution in [2.45, 2.75) is 46.5 Å². The number of halogens is 1. The maximum absolute atomic E-state index is 10.9. The van der Waals surface area contributed by atoms with Crippen LogP contribution in [0.3, 0.4) is 0 Å². The van der Waals surface area contributed by atoms with Crippen LogP contribution in [0, 0.1) is 0 Å². The Balaban J connectivity index is 2.05. The van der Waals surface area contributed by atoms with Gasteiger partial charge in [-0.05, 0) is 60.2 Å². The number of rotatable bonds is 5. The van der Waals surface area contributed by atoms with Gasteiger partial charge < -0.3 is 9.84 Å². The lowest BCUT2D eigenvalue weighted by Gasteiger charge is -2.22. The van der Waals surface area contributed by atoms with E-state index in [1.165, 1.54) is 4.80 Å². The fourth-order valence-corrected chi connectivity index (χ4v) is 3.01. The first-order chi connectivity index (χ1) is 13.1. The van der Waals surface area contributed by atoms with E-state index in [9.17, 15) is 5.11 Å². The zero-order valence-corrected chi connectivity index (χ0v) is 17.7. The molecule has 0 aliphatic carbocycles. The van der Waals surface area contributed by atoms with Crippen LogP contribution in [0.2, 0.25) is 5.02 Å². The van der Waals surface area contributed by atoms with Gasteiger partial charge in [0.2, 0.25) is 0 Å². The van der Waals surface area contributed by atoms with Crippen molar-refractivity contribution in [3.63, 3.8) is 0 Å². The second-order valence-electron chi connectivity index (χ2n) is 8.19. The molecule has 6 heteroatoms. The number of aromatic hydroxyl groups is 1. The van der Waals surface area contributed by atoms with Crippen molar-refractivity contribution in [3.05, 3.63) is 58.3 Å². The van der Waals surface area contributed by atoms with Crippen molar-refractivity contribution in [1.29, 1.82) is 0 Å². The summed E-state index contributed by atoms with van der Waals surface area (Å²) in [4.78, 5) is 1.48. The first-order valence-electron chi connectivity index (χ1n) is 9.29. The number of phenolic OH excluding ortho intramolecular Hbond substituents is 1. The zero-order chi connectivity index (χ0) is 20.5. The maximum atomic E-state index is 10.9. The van der Waals surface area contributed by atoms with Crippen molar-refractivity contribution >= 4 is 22.6 Å². The molecular formula is C22H26ClN3O2. The molecule has 0 amide bonds. The number of phenols is 1. The molecule has 0 aliphatic rings. The Kier molecular flexibility index (Phi) is 5.66. The Hall–Kier alpha value is -2.53. The minimum Gasteiger partial charge on any atom is -0.505 e. The third kappa shape index (κ3) is 4.47. The molecular weight excluding hydrogens is 374 g/mol. The van der Waals surface area contributed by atoms with Gasteiger partial charge in [-0.2, -0.15) is 0 Å². The van der Waals surface area contributed by atoms with E-state index in [1.807, 2.05) is 32.0 Å². The Labute approximate surface area is 170 Å². The van der Waals surface area contributed by atoms with E-state index in [-0.39, 0.29) is 11.2 Å². The predicted molar refractivity (Wildman–Crippen MR) is 113 cm³/mol. The van der Waals surface area contributed by atoms with Crippen LogP contribution in [0.5, 0.6) is 5.75 Å². The number of ether oxygens (including phenoxy) is 1. The average molecular weight is 400 g/mol. The summed E-state index contributed by atoms with van der Waals surface area (Å²) in [5, 5.41) is 20.5. The van der Waals surface area contributed by atoms with E-state index >= 15 is 0 Å². The minimum absolute atomic E-state index is 0.0894. The highest BCUT2D eigenvalue weighted by Gasteiger charge is 2.21. The van der Waals surface area contributed by atoms with Gasteiger partial charge in [-0.3, -0.25) is 0 Å². The fourth-order valence-electron chi connectivity index (χ4n) is 2.84. The second-order valence-corrected chi connectivity index (χ2v) is 8.63. The molecule has 0 bridgehead atoms. The van der Waals surface area contributed by atoms with E-state index in [1.54, 1.807) is 18.4 Å². The SMILES string of the molecule is CC(C)=COCCc1cc(C(C)(C)C)cc(-n2nc3ccc(Cl)cc3n2)c1O. The van der Waals surface area contributed by atoms with Crippen LogP contribution in [0.15, 0.2) is 42.2 Å². The van der Waals surface area contributed by atoms with Crippen LogP contribution in [0.4, 0.5) is 0 Å². The summed E-state index contributed by atoms with van der Waals surface area (Å²) in [6, 6.07) is 9.33. The molecule has 0 saturated heterocycles. The molecule has 1 aromatic heterocycles. The van der Waals surface area contributed by atoms with Crippen LogP contribution in [-0.2, 0) is 16.6 Å². The smallest absolute Gasteiger partial charge is 0.146 e. The van der Waals surface area contributed by atoms with Crippen LogP contribution < -0.4 is 0 Å². The van der Waals surface area contributed by atoms with Crippen molar-refractivity contribution in [3.8, 4) is 11.4 Å². The van der Waals surface area contributed by atoms with E-state index in [4.69, 9.17) is 16.3 Å². The van der Waals surface area contributed by atoms with Gasteiger partial charge in [-0.25, -0.2) is 0 Å². The molecule has 0 atom stereocenters. The van der Waals surface area contributed by atoms with Gasteiger partial charge in [0.1, 0.15) is 22.5 Å². The third-order valence-electron chi connectivity index (χ3n) is 4.40. The van der Waals surface area contributed by atoms with Crippen LogP contribution >= 0.6 is 11.6 Å². The van der Waals surface area contributed by atoms with E-state index in [0.29, 0.717) is 29.3 Å². The van der Waals surface area contributed by atoms with Crippen molar-refractivity contribution in [2.24, 2.45) is 0 Å². The molecule has 0 aliphatic heterocycles. The van der Waals surface area contributed by atoms with Gasteiger partial charge in [-0.1, -0.05) is 38.4 Å². The van der Waals surface area contributed by atoms with Crippen LogP contribution in [-0.4, -0.2) is 26.7 Å². The van der Waals surface area contributed by atoms with Gasteiger partial charge in [0.25, 0.3) is 0 Å². The Morgan fingerprint density at radius 1 is 1.14 bits per heavy atom. The zero-order valence-electron chi connectivity index (χ0n) is 17.0. The van der Waals surface area contributed by atoms with E-state index in [2.05, 4.69) is 31.0 Å². The predicted octanol–water partition coefficient (Wildman–Crippen LogP) is 5.56. The van der Waals surface area contributed by atoms with E-state index in [0.717, 1.165) is 22.2 Å². The Bertz CT molecular complexity index is 1030. The molecule has 3 rings (SSSR count). The molecule has 0 unspecified atom stereocenters. The summed E-state index contributed by atoms with van der Waals surface area (Å²) in [7, 11) is 0. The highest BCUT2D eigenvalue weighted by atomic mass is 35.5. The molecule has 3 aromatic rings. The first-order valence-corrected chi connectivity index (χ1v) is 9.67. The molecule has 1 heterocycles. The van der Waals surface area contributed by atoms with Crippen LogP contribution in [0.25, 0.3) is 16.7 Å². The van der Waals surface area contributed by atoms with Crippen molar-refractivity contribution in [1.82, 2.24) is 15.0 Å². The van der Waals surface area contributed by atoms with Gasteiger partial charge in [0.05, 0.1) is 12.9 Å². The summed E-state index contributed by atoms with van der Waals surface area (Å²) < 4.78 is 5.56. The Morgan fingerprint density at radius 3 is 2.54 bits per heavy atom. The normalized spacial score (nSPS) is 11.6.